The molecule has 0 aliphatic carbocycles. The maximum absolute atomic E-state index is 12.8. The predicted molar refractivity (Wildman–Crippen MR) is 91.2 cm³/mol. The number of hydrogen-bond donors (Lipinski definition) is 0. The Balaban J connectivity index is 1.72. The molecule has 124 valence electrons. The van der Waals surface area contributed by atoms with Crippen molar-refractivity contribution in [2.45, 2.75) is 33.6 Å². The van der Waals surface area contributed by atoms with Gasteiger partial charge in [-0.1, -0.05) is 32.0 Å². The Hall–Kier alpha value is -1.84. The highest BCUT2D eigenvalue weighted by Crippen LogP contribution is 2.30. The number of hydrogen-bond acceptors (Lipinski definition) is 2. The molecule has 4 nitrogen and oxygen atoms in total. The molecule has 2 amide bonds. The van der Waals surface area contributed by atoms with E-state index in [4.69, 9.17) is 0 Å². The van der Waals surface area contributed by atoms with Crippen LogP contribution in [0.5, 0.6) is 0 Å². The van der Waals surface area contributed by atoms with Crippen LogP contribution >= 0.6 is 0 Å². The molecule has 0 radical (unpaired) electrons. The molecule has 0 saturated carbocycles. The van der Waals surface area contributed by atoms with Gasteiger partial charge in [0.15, 0.2) is 0 Å². The van der Waals surface area contributed by atoms with E-state index >= 15 is 0 Å². The first kappa shape index (κ1) is 16.0. The van der Waals surface area contributed by atoms with E-state index in [-0.39, 0.29) is 17.7 Å². The molecule has 1 aromatic rings. The van der Waals surface area contributed by atoms with E-state index in [1.807, 2.05) is 36.1 Å². The zero-order chi connectivity index (χ0) is 16.6. The van der Waals surface area contributed by atoms with Crippen molar-refractivity contribution in [1.82, 2.24) is 4.90 Å². The van der Waals surface area contributed by atoms with Gasteiger partial charge in [-0.3, -0.25) is 9.59 Å². The molecular weight excluding hydrogens is 288 g/mol. The van der Waals surface area contributed by atoms with Gasteiger partial charge in [0.1, 0.15) is 0 Å². The van der Waals surface area contributed by atoms with E-state index in [0.29, 0.717) is 24.8 Å². The first-order valence-electron chi connectivity index (χ1n) is 8.60. The van der Waals surface area contributed by atoms with Crippen molar-refractivity contribution in [1.29, 1.82) is 0 Å². The number of amides is 2. The lowest BCUT2D eigenvalue weighted by Crippen LogP contribution is -2.45. The van der Waals surface area contributed by atoms with Gasteiger partial charge in [0.25, 0.3) is 0 Å². The first-order chi connectivity index (χ1) is 11.0. The molecule has 2 fully saturated rings. The third-order valence-corrected chi connectivity index (χ3v) is 5.06. The smallest absolute Gasteiger partial charge is 0.228 e. The Labute approximate surface area is 138 Å². The Bertz CT molecular complexity index is 603. The van der Waals surface area contributed by atoms with Gasteiger partial charge in [-0.05, 0) is 36.8 Å². The number of likely N-dealkylation sites (tertiary alicyclic amines) is 1. The molecule has 3 atom stereocenters. The first-order valence-corrected chi connectivity index (χ1v) is 8.60. The van der Waals surface area contributed by atoms with Crippen molar-refractivity contribution < 1.29 is 9.59 Å². The van der Waals surface area contributed by atoms with Gasteiger partial charge in [-0.2, -0.15) is 0 Å². The highest BCUT2D eigenvalue weighted by molar-refractivity contribution is 6.00. The van der Waals surface area contributed by atoms with E-state index in [1.165, 1.54) is 6.42 Å². The Morgan fingerprint density at radius 1 is 1.09 bits per heavy atom. The lowest BCUT2D eigenvalue weighted by molar-refractivity contribution is -0.138. The van der Waals surface area contributed by atoms with Crippen molar-refractivity contribution >= 4 is 17.5 Å². The van der Waals surface area contributed by atoms with E-state index in [0.717, 1.165) is 24.3 Å². The molecule has 4 heteroatoms. The summed E-state index contributed by atoms with van der Waals surface area (Å²) in [4.78, 5) is 29.0. The minimum absolute atomic E-state index is 0.0655. The largest absolute Gasteiger partial charge is 0.342 e. The lowest BCUT2D eigenvalue weighted by atomic mass is 9.91. The van der Waals surface area contributed by atoms with Crippen molar-refractivity contribution in [3.05, 3.63) is 29.8 Å². The van der Waals surface area contributed by atoms with Gasteiger partial charge in [0.05, 0.1) is 5.92 Å². The Morgan fingerprint density at radius 3 is 2.39 bits per heavy atom. The molecule has 0 N–H and O–H groups in total. The Kier molecular flexibility index (Phi) is 4.42. The van der Waals surface area contributed by atoms with Crippen molar-refractivity contribution in [2.75, 3.05) is 24.5 Å². The number of anilines is 1. The molecule has 2 aliphatic rings. The molecule has 0 bridgehead atoms. The minimum atomic E-state index is -0.195. The van der Waals surface area contributed by atoms with E-state index in [2.05, 4.69) is 13.8 Å². The normalized spacial score (nSPS) is 28.3. The second-order valence-corrected chi connectivity index (χ2v) is 7.38. The second kappa shape index (κ2) is 6.34. The number of para-hydroxylation sites is 1. The molecule has 2 aliphatic heterocycles. The fourth-order valence-electron chi connectivity index (χ4n) is 4.07. The summed E-state index contributed by atoms with van der Waals surface area (Å²) in [6.45, 7) is 8.59. The summed E-state index contributed by atoms with van der Waals surface area (Å²) in [7, 11) is 0. The molecule has 2 saturated heterocycles. The molecule has 3 rings (SSSR count). The highest BCUT2D eigenvalue weighted by Gasteiger charge is 2.39. The van der Waals surface area contributed by atoms with Gasteiger partial charge >= 0.3 is 0 Å². The predicted octanol–water partition coefficient (Wildman–Crippen LogP) is 2.85. The maximum Gasteiger partial charge on any atom is 0.228 e. The number of aryl methyl sites for hydroxylation is 1. The number of carbonyl (C=O) groups excluding carboxylic acids is 2. The molecule has 2 heterocycles. The highest BCUT2D eigenvalue weighted by atomic mass is 16.2. The lowest BCUT2D eigenvalue weighted by Gasteiger charge is -2.36. The van der Waals surface area contributed by atoms with E-state index in [9.17, 15) is 9.59 Å². The fraction of sp³-hybridized carbons (Fsp3) is 0.579. The molecule has 23 heavy (non-hydrogen) atoms. The molecule has 0 spiro atoms. The van der Waals surface area contributed by atoms with Gasteiger partial charge in [-0.15, -0.1) is 0 Å². The summed E-state index contributed by atoms with van der Waals surface area (Å²) in [5.41, 5.74) is 2.02. The van der Waals surface area contributed by atoms with Gasteiger partial charge in [0.2, 0.25) is 11.8 Å². The number of benzene rings is 1. The van der Waals surface area contributed by atoms with Crippen LogP contribution in [-0.2, 0) is 9.59 Å². The van der Waals surface area contributed by atoms with E-state index in [1.54, 1.807) is 4.90 Å². The van der Waals surface area contributed by atoms with Crippen LogP contribution in [0.15, 0.2) is 24.3 Å². The van der Waals surface area contributed by atoms with Crippen LogP contribution in [0.1, 0.15) is 32.3 Å². The number of piperidine rings is 1. The monoisotopic (exact) mass is 314 g/mol. The Morgan fingerprint density at radius 2 is 1.74 bits per heavy atom. The van der Waals surface area contributed by atoms with Gasteiger partial charge in [-0.25, -0.2) is 0 Å². The topological polar surface area (TPSA) is 40.6 Å². The minimum Gasteiger partial charge on any atom is -0.342 e. The van der Waals surface area contributed by atoms with Gasteiger partial charge < -0.3 is 9.80 Å². The zero-order valence-electron chi connectivity index (χ0n) is 14.3. The summed E-state index contributed by atoms with van der Waals surface area (Å²) in [5, 5.41) is 0. The third-order valence-electron chi connectivity index (χ3n) is 5.06. The average Bonchev–Trinajstić information content (AvgIpc) is 2.88. The summed E-state index contributed by atoms with van der Waals surface area (Å²) in [5.74, 6) is 1.13. The number of carbonyl (C=O) groups is 2. The van der Waals surface area contributed by atoms with Crippen molar-refractivity contribution in [3.63, 3.8) is 0 Å². The standard InChI is InChI=1S/C19H26N2O2/c1-13-8-14(2)11-20(10-13)19(23)16-9-18(22)21(12-16)17-7-5-4-6-15(17)3/h4-7,13-14,16H,8-12H2,1-3H3/t13-,14-,16-/m1/s1. The van der Waals surface area contributed by atoms with Crippen LogP contribution in [0.2, 0.25) is 0 Å². The SMILES string of the molecule is Cc1ccccc1N1C[C@H](C(=O)N2C[C@H](C)C[C@@H](C)C2)CC1=O. The fourth-order valence-corrected chi connectivity index (χ4v) is 4.07. The molecule has 0 unspecified atom stereocenters. The molecule has 1 aromatic carbocycles. The summed E-state index contributed by atoms with van der Waals surface area (Å²) >= 11 is 0. The van der Waals surface area contributed by atoms with Crippen molar-refractivity contribution in [3.8, 4) is 0 Å². The van der Waals surface area contributed by atoms with E-state index < -0.39 is 0 Å². The second-order valence-electron chi connectivity index (χ2n) is 7.38. The quantitative estimate of drug-likeness (QED) is 0.842. The summed E-state index contributed by atoms with van der Waals surface area (Å²) in [6.07, 6.45) is 1.52. The van der Waals surface area contributed by atoms with Crippen molar-refractivity contribution in [2.24, 2.45) is 17.8 Å². The summed E-state index contributed by atoms with van der Waals surface area (Å²) in [6, 6.07) is 7.88. The van der Waals surface area contributed by atoms with Crippen LogP contribution in [-0.4, -0.2) is 36.3 Å². The zero-order valence-corrected chi connectivity index (χ0v) is 14.3. The van der Waals surface area contributed by atoms with Crippen LogP contribution in [0.25, 0.3) is 0 Å². The maximum atomic E-state index is 12.8. The number of rotatable bonds is 2. The van der Waals surface area contributed by atoms with Crippen LogP contribution in [0, 0.1) is 24.7 Å². The average molecular weight is 314 g/mol. The van der Waals surface area contributed by atoms with Crippen LogP contribution in [0.3, 0.4) is 0 Å². The van der Waals surface area contributed by atoms with Crippen LogP contribution < -0.4 is 4.90 Å². The van der Waals surface area contributed by atoms with Gasteiger partial charge in [0, 0.05) is 31.7 Å². The molecular formula is C19H26N2O2. The van der Waals surface area contributed by atoms with Crippen LogP contribution in [0.4, 0.5) is 5.69 Å². The third kappa shape index (κ3) is 3.26. The molecule has 0 aromatic heterocycles. The summed E-state index contributed by atoms with van der Waals surface area (Å²) < 4.78 is 0. The number of nitrogens with zero attached hydrogens (tertiary/aromatic N) is 2.